The Bertz CT molecular complexity index is 660. The molecule has 1 saturated carbocycles. The highest BCUT2D eigenvalue weighted by Crippen LogP contribution is 2.28. The Kier molecular flexibility index (Phi) is 4.23. The highest BCUT2D eigenvalue weighted by Gasteiger charge is 2.26. The minimum atomic E-state index is -0.235. The highest BCUT2D eigenvalue weighted by atomic mass is 16.3. The van der Waals surface area contributed by atoms with Crippen molar-refractivity contribution in [2.75, 3.05) is 5.32 Å². The zero-order valence-corrected chi connectivity index (χ0v) is 12.2. The lowest BCUT2D eigenvalue weighted by Gasteiger charge is -2.24. The molecule has 1 aromatic carbocycles. The molecule has 1 aliphatic rings. The van der Waals surface area contributed by atoms with E-state index in [9.17, 15) is 9.59 Å². The van der Waals surface area contributed by atoms with Gasteiger partial charge < -0.3 is 15.1 Å². The lowest BCUT2D eigenvalue weighted by atomic mass is 9.85. The van der Waals surface area contributed by atoms with Crippen LogP contribution >= 0.6 is 0 Å². The number of benzene rings is 1. The molecule has 0 saturated heterocycles. The largest absolute Gasteiger partial charge is 0.467 e. The average Bonchev–Trinajstić information content (AvgIpc) is 2.96. The summed E-state index contributed by atoms with van der Waals surface area (Å²) in [6, 6.07) is 10.6. The number of carbonyl (C=O) groups excluding carboxylic acids is 2. The fourth-order valence-corrected chi connectivity index (χ4v) is 2.37. The van der Waals surface area contributed by atoms with E-state index in [-0.39, 0.29) is 17.7 Å². The first-order chi connectivity index (χ1) is 10.7. The second-order valence-electron chi connectivity index (χ2n) is 5.42. The molecule has 22 heavy (non-hydrogen) atoms. The summed E-state index contributed by atoms with van der Waals surface area (Å²) in [6.07, 6.45) is 4.52. The maximum Gasteiger partial charge on any atom is 0.253 e. The quantitative estimate of drug-likeness (QED) is 0.891. The first kappa shape index (κ1) is 14.4. The Morgan fingerprint density at radius 2 is 1.95 bits per heavy atom. The van der Waals surface area contributed by atoms with Crippen molar-refractivity contribution in [1.29, 1.82) is 0 Å². The topological polar surface area (TPSA) is 71.3 Å². The number of hydrogen-bond acceptors (Lipinski definition) is 3. The number of carbonyl (C=O) groups is 2. The van der Waals surface area contributed by atoms with E-state index in [0.717, 1.165) is 19.3 Å². The molecule has 1 aromatic heterocycles. The van der Waals surface area contributed by atoms with Gasteiger partial charge >= 0.3 is 0 Å². The number of nitrogens with one attached hydrogen (secondary N) is 2. The van der Waals surface area contributed by atoms with Crippen molar-refractivity contribution in [3.8, 4) is 0 Å². The van der Waals surface area contributed by atoms with Crippen molar-refractivity contribution < 1.29 is 14.0 Å². The summed E-state index contributed by atoms with van der Waals surface area (Å²) in [5.74, 6) is 0.530. The normalized spacial score (nSPS) is 14.2. The van der Waals surface area contributed by atoms with Gasteiger partial charge in [0, 0.05) is 5.92 Å². The standard InChI is InChI=1S/C17H18N2O3/c20-16(12-5-3-6-12)19-15-9-2-1-8-14(15)17(21)18-11-13-7-4-10-22-13/h1-2,4,7-10,12H,3,5-6,11H2,(H,18,21)(H,19,20). The maximum atomic E-state index is 12.3. The lowest BCUT2D eigenvalue weighted by Crippen LogP contribution is -2.30. The van der Waals surface area contributed by atoms with Crippen molar-refractivity contribution in [1.82, 2.24) is 5.32 Å². The molecule has 1 heterocycles. The fourth-order valence-electron chi connectivity index (χ4n) is 2.37. The van der Waals surface area contributed by atoms with Crippen LogP contribution in [0.4, 0.5) is 5.69 Å². The third-order valence-corrected chi connectivity index (χ3v) is 3.91. The number of hydrogen-bond donors (Lipinski definition) is 2. The summed E-state index contributed by atoms with van der Waals surface area (Å²) in [5.41, 5.74) is 1.01. The number of amides is 2. The van der Waals surface area contributed by atoms with Gasteiger partial charge in [0.25, 0.3) is 5.91 Å². The molecule has 1 fully saturated rings. The van der Waals surface area contributed by atoms with E-state index in [1.165, 1.54) is 0 Å². The average molecular weight is 298 g/mol. The predicted octanol–water partition coefficient (Wildman–Crippen LogP) is 2.95. The molecule has 5 nitrogen and oxygen atoms in total. The molecule has 0 aliphatic heterocycles. The Hall–Kier alpha value is -2.56. The summed E-state index contributed by atoms with van der Waals surface area (Å²) < 4.78 is 5.18. The molecule has 2 amide bonds. The van der Waals surface area contributed by atoms with Crippen molar-refractivity contribution in [3.05, 3.63) is 54.0 Å². The van der Waals surface area contributed by atoms with Crippen LogP contribution in [0.1, 0.15) is 35.4 Å². The van der Waals surface area contributed by atoms with Crippen molar-refractivity contribution in [3.63, 3.8) is 0 Å². The van der Waals surface area contributed by atoms with E-state index in [1.807, 2.05) is 0 Å². The van der Waals surface area contributed by atoms with E-state index in [4.69, 9.17) is 4.42 Å². The van der Waals surface area contributed by atoms with Crippen LogP contribution in [-0.2, 0) is 11.3 Å². The van der Waals surface area contributed by atoms with E-state index in [0.29, 0.717) is 23.6 Å². The Morgan fingerprint density at radius 1 is 1.14 bits per heavy atom. The first-order valence-corrected chi connectivity index (χ1v) is 7.44. The van der Waals surface area contributed by atoms with E-state index < -0.39 is 0 Å². The summed E-state index contributed by atoms with van der Waals surface area (Å²) in [7, 11) is 0. The molecule has 0 spiro atoms. The molecule has 0 radical (unpaired) electrons. The van der Waals surface area contributed by atoms with Gasteiger partial charge in [-0.25, -0.2) is 0 Å². The molecular formula is C17H18N2O3. The maximum absolute atomic E-state index is 12.3. The molecule has 2 aromatic rings. The molecule has 1 aliphatic carbocycles. The van der Waals surface area contributed by atoms with Crippen molar-refractivity contribution in [2.24, 2.45) is 5.92 Å². The van der Waals surface area contributed by atoms with Gasteiger partial charge in [-0.15, -0.1) is 0 Å². The summed E-state index contributed by atoms with van der Waals surface area (Å²) in [5, 5.41) is 5.65. The van der Waals surface area contributed by atoms with Gasteiger partial charge in [-0.05, 0) is 37.1 Å². The number of anilines is 1. The van der Waals surface area contributed by atoms with Gasteiger partial charge in [-0.3, -0.25) is 9.59 Å². The van der Waals surface area contributed by atoms with Crippen molar-refractivity contribution >= 4 is 17.5 Å². The van der Waals surface area contributed by atoms with Gasteiger partial charge in [-0.1, -0.05) is 18.6 Å². The van der Waals surface area contributed by atoms with E-state index in [2.05, 4.69) is 10.6 Å². The minimum Gasteiger partial charge on any atom is -0.467 e. The minimum absolute atomic E-state index is 0.00228. The van der Waals surface area contributed by atoms with Crippen LogP contribution in [0.5, 0.6) is 0 Å². The number of rotatable bonds is 5. The Balaban J connectivity index is 1.66. The van der Waals surface area contributed by atoms with Gasteiger partial charge in [0.1, 0.15) is 5.76 Å². The third-order valence-electron chi connectivity index (χ3n) is 3.91. The van der Waals surface area contributed by atoms with Gasteiger partial charge in [0.2, 0.25) is 5.91 Å². The predicted molar refractivity (Wildman–Crippen MR) is 82.3 cm³/mol. The molecule has 0 bridgehead atoms. The zero-order chi connectivity index (χ0) is 15.4. The van der Waals surface area contributed by atoms with E-state index >= 15 is 0 Å². The summed E-state index contributed by atoms with van der Waals surface area (Å²) >= 11 is 0. The molecule has 2 N–H and O–H groups in total. The van der Waals surface area contributed by atoms with Gasteiger partial charge in [0.05, 0.1) is 24.1 Å². The van der Waals surface area contributed by atoms with Crippen LogP contribution < -0.4 is 10.6 Å². The lowest BCUT2D eigenvalue weighted by molar-refractivity contribution is -0.122. The molecule has 114 valence electrons. The molecule has 5 heteroatoms. The molecule has 0 unspecified atom stereocenters. The summed E-state index contributed by atoms with van der Waals surface area (Å²) in [4.78, 5) is 24.3. The highest BCUT2D eigenvalue weighted by molar-refractivity contribution is 6.04. The van der Waals surface area contributed by atoms with Gasteiger partial charge in [0.15, 0.2) is 0 Å². The number of para-hydroxylation sites is 1. The smallest absolute Gasteiger partial charge is 0.253 e. The molecule has 3 rings (SSSR count). The second kappa shape index (κ2) is 6.47. The second-order valence-corrected chi connectivity index (χ2v) is 5.42. The Labute approximate surface area is 128 Å². The molecular weight excluding hydrogens is 280 g/mol. The van der Waals surface area contributed by atoms with Crippen LogP contribution in [0.3, 0.4) is 0 Å². The van der Waals surface area contributed by atoms with Gasteiger partial charge in [-0.2, -0.15) is 0 Å². The van der Waals surface area contributed by atoms with Crippen LogP contribution in [0.2, 0.25) is 0 Å². The molecule has 0 atom stereocenters. The SMILES string of the molecule is O=C(NCc1ccco1)c1ccccc1NC(=O)C1CCC1. The first-order valence-electron chi connectivity index (χ1n) is 7.44. The fraction of sp³-hybridized carbons (Fsp3) is 0.294. The zero-order valence-electron chi connectivity index (χ0n) is 12.2. The van der Waals surface area contributed by atoms with Crippen LogP contribution in [-0.4, -0.2) is 11.8 Å². The monoisotopic (exact) mass is 298 g/mol. The van der Waals surface area contributed by atoms with Crippen LogP contribution in [0.25, 0.3) is 0 Å². The van der Waals surface area contributed by atoms with Crippen molar-refractivity contribution in [2.45, 2.75) is 25.8 Å². The van der Waals surface area contributed by atoms with Crippen LogP contribution in [0, 0.1) is 5.92 Å². The number of furan rings is 1. The van der Waals surface area contributed by atoms with E-state index in [1.54, 1.807) is 42.7 Å². The Morgan fingerprint density at radius 3 is 2.64 bits per heavy atom. The third kappa shape index (κ3) is 3.19. The summed E-state index contributed by atoms with van der Waals surface area (Å²) in [6.45, 7) is 0.316. The van der Waals surface area contributed by atoms with Crippen LogP contribution in [0.15, 0.2) is 47.1 Å².